The first-order valence-corrected chi connectivity index (χ1v) is 7.81. The number of aryl methyl sites for hydroxylation is 1. The molecule has 0 spiro atoms. The SMILES string of the molecule is CCCc1nc(Cl)c(C)c(N(C)CC2CCN(C)C2)n1. The molecule has 1 fully saturated rings. The Morgan fingerprint density at radius 1 is 1.40 bits per heavy atom. The molecule has 0 aliphatic carbocycles. The smallest absolute Gasteiger partial charge is 0.137 e. The van der Waals surface area contributed by atoms with Crippen molar-refractivity contribution in [1.82, 2.24) is 14.9 Å². The highest BCUT2D eigenvalue weighted by Gasteiger charge is 2.22. The molecule has 1 aromatic heterocycles. The second kappa shape index (κ2) is 6.72. The Morgan fingerprint density at radius 3 is 2.75 bits per heavy atom. The number of anilines is 1. The monoisotopic (exact) mass is 296 g/mol. The summed E-state index contributed by atoms with van der Waals surface area (Å²) >= 11 is 6.25. The van der Waals surface area contributed by atoms with Gasteiger partial charge in [0.15, 0.2) is 0 Å². The molecule has 1 aliphatic heterocycles. The highest BCUT2D eigenvalue weighted by Crippen LogP contribution is 2.25. The number of nitrogens with zero attached hydrogens (tertiary/aromatic N) is 4. The molecule has 0 N–H and O–H groups in total. The van der Waals surface area contributed by atoms with Gasteiger partial charge in [-0.3, -0.25) is 0 Å². The molecule has 0 saturated carbocycles. The van der Waals surface area contributed by atoms with Gasteiger partial charge < -0.3 is 9.80 Å². The van der Waals surface area contributed by atoms with E-state index in [-0.39, 0.29) is 0 Å². The average Bonchev–Trinajstić information content (AvgIpc) is 2.79. The molecule has 2 heterocycles. The maximum atomic E-state index is 6.25. The number of halogens is 1. The van der Waals surface area contributed by atoms with Gasteiger partial charge in [0.05, 0.1) is 0 Å². The summed E-state index contributed by atoms with van der Waals surface area (Å²) in [4.78, 5) is 13.7. The zero-order valence-corrected chi connectivity index (χ0v) is 13.7. The molecule has 0 amide bonds. The molecule has 0 aromatic carbocycles. The van der Waals surface area contributed by atoms with Crippen LogP contribution in [0.3, 0.4) is 0 Å². The molecule has 1 unspecified atom stereocenters. The standard InChI is InChI=1S/C15H25ClN4/c1-5-6-13-17-14(16)11(2)15(18-13)20(4)10-12-7-8-19(3)9-12/h12H,5-10H2,1-4H3. The molecule has 5 heteroatoms. The van der Waals surface area contributed by atoms with Gasteiger partial charge in [-0.15, -0.1) is 0 Å². The van der Waals surface area contributed by atoms with E-state index in [9.17, 15) is 0 Å². The van der Waals surface area contributed by atoms with E-state index in [0.29, 0.717) is 11.1 Å². The molecule has 0 bridgehead atoms. The quantitative estimate of drug-likeness (QED) is 0.782. The molecule has 112 valence electrons. The van der Waals surface area contributed by atoms with Gasteiger partial charge in [-0.1, -0.05) is 18.5 Å². The zero-order valence-electron chi connectivity index (χ0n) is 13.0. The second-order valence-electron chi connectivity index (χ2n) is 5.93. The average molecular weight is 297 g/mol. The summed E-state index contributed by atoms with van der Waals surface area (Å²) in [6, 6.07) is 0. The van der Waals surface area contributed by atoms with Gasteiger partial charge in [-0.25, -0.2) is 9.97 Å². The van der Waals surface area contributed by atoms with E-state index in [1.54, 1.807) is 0 Å². The van der Waals surface area contributed by atoms with Crippen LogP contribution in [-0.4, -0.2) is 48.6 Å². The van der Waals surface area contributed by atoms with Crippen molar-refractivity contribution in [2.24, 2.45) is 5.92 Å². The Labute approximate surface area is 127 Å². The van der Waals surface area contributed by atoms with Crippen LogP contribution in [0, 0.1) is 12.8 Å². The second-order valence-corrected chi connectivity index (χ2v) is 6.28. The number of hydrogen-bond donors (Lipinski definition) is 0. The van der Waals surface area contributed by atoms with E-state index in [1.165, 1.54) is 19.5 Å². The number of aromatic nitrogens is 2. The highest BCUT2D eigenvalue weighted by molar-refractivity contribution is 6.30. The minimum Gasteiger partial charge on any atom is -0.359 e. The lowest BCUT2D eigenvalue weighted by Crippen LogP contribution is -2.29. The number of hydrogen-bond acceptors (Lipinski definition) is 4. The molecule has 4 nitrogen and oxygen atoms in total. The van der Waals surface area contributed by atoms with Gasteiger partial charge >= 0.3 is 0 Å². The maximum Gasteiger partial charge on any atom is 0.137 e. The van der Waals surface area contributed by atoms with Crippen LogP contribution < -0.4 is 4.90 Å². The van der Waals surface area contributed by atoms with Crippen LogP contribution in [0.1, 0.15) is 31.2 Å². The summed E-state index contributed by atoms with van der Waals surface area (Å²) in [5.74, 6) is 2.56. The van der Waals surface area contributed by atoms with Crippen molar-refractivity contribution in [3.63, 3.8) is 0 Å². The van der Waals surface area contributed by atoms with Crippen molar-refractivity contribution in [2.45, 2.75) is 33.1 Å². The topological polar surface area (TPSA) is 32.3 Å². The van der Waals surface area contributed by atoms with Crippen LogP contribution in [0.5, 0.6) is 0 Å². The zero-order chi connectivity index (χ0) is 14.7. The third kappa shape index (κ3) is 3.61. The lowest BCUT2D eigenvalue weighted by Gasteiger charge is -2.24. The highest BCUT2D eigenvalue weighted by atomic mass is 35.5. The number of rotatable bonds is 5. The first-order valence-electron chi connectivity index (χ1n) is 7.44. The third-order valence-electron chi connectivity index (χ3n) is 3.96. The predicted octanol–water partition coefficient (Wildman–Crippen LogP) is 2.78. The van der Waals surface area contributed by atoms with Crippen LogP contribution in [0.25, 0.3) is 0 Å². The predicted molar refractivity (Wildman–Crippen MR) is 84.6 cm³/mol. The lowest BCUT2D eigenvalue weighted by atomic mass is 10.1. The van der Waals surface area contributed by atoms with Crippen molar-refractivity contribution in [1.29, 1.82) is 0 Å². The van der Waals surface area contributed by atoms with Crippen molar-refractivity contribution < 1.29 is 0 Å². The Bertz CT molecular complexity index is 463. The normalized spacial score (nSPS) is 19.6. The Balaban J connectivity index is 2.13. The molecule has 1 aromatic rings. The van der Waals surface area contributed by atoms with E-state index in [0.717, 1.165) is 36.6 Å². The van der Waals surface area contributed by atoms with E-state index in [1.807, 2.05) is 6.92 Å². The minimum atomic E-state index is 0.592. The van der Waals surface area contributed by atoms with Crippen molar-refractivity contribution >= 4 is 17.4 Å². The molecular formula is C15H25ClN4. The van der Waals surface area contributed by atoms with Gasteiger partial charge in [0.25, 0.3) is 0 Å². The van der Waals surface area contributed by atoms with Crippen LogP contribution in [0.15, 0.2) is 0 Å². The molecule has 20 heavy (non-hydrogen) atoms. The van der Waals surface area contributed by atoms with Crippen LogP contribution in [0.4, 0.5) is 5.82 Å². The summed E-state index contributed by atoms with van der Waals surface area (Å²) in [7, 11) is 4.30. The maximum absolute atomic E-state index is 6.25. The van der Waals surface area contributed by atoms with Crippen molar-refractivity contribution in [3.8, 4) is 0 Å². The fourth-order valence-corrected chi connectivity index (χ4v) is 3.06. The van der Waals surface area contributed by atoms with E-state index in [2.05, 4.69) is 35.8 Å². The van der Waals surface area contributed by atoms with Crippen LogP contribution in [-0.2, 0) is 6.42 Å². The minimum absolute atomic E-state index is 0.592. The van der Waals surface area contributed by atoms with E-state index < -0.39 is 0 Å². The van der Waals surface area contributed by atoms with Gasteiger partial charge in [-0.2, -0.15) is 0 Å². The molecular weight excluding hydrogens is 272 g/mol. The van der Waals surface area contributed by atoms with Gasteiger partial charge in [0, 0.05) is 32.1 Å². The third-order valence-corrected chi connectivity index (χ3v) is 4.33. The number of likely N-dealkylation sites (tertiary alicyclic amines) is 1. The molecule has 2 rings (SSSR count). The Morgan fingerprint density at radius 2 is 2.15 bits per heavy atom. The Hall–Kier alpha value is -0.870. The first kappa shape index (κ1) is 15.5. The summed E-state index contributed by atoms with van der Waals surface area (Å²) < 4.78 is 0. The lowest BCUT2D eigenvalue weighted by molar-refractivity contribution is 0.395. The molecule has 1 saturated heterocycles. The summed E-state index contributed by atoms with van der Waals surface area (Å²) in [6.07, 6.45) is 3.18. The van der Waals surface area contributed by atoms with E-state index in [4.69, 9.17) is 16.6 Å². The van der Waals surface area contributed by atoms with Gasteiger partial charge in [0.1, 0.15) is 16.8 Å². The van der Waals surface area contributed by atoms with Crippen molar-refractivity contribution in [3.05, 3.63) is 16.5 Å². The molecule has 0 radical (unpaired) electrons. The molecule has 1 atom stereocenters. The van der Waals surface area contributed by atoms with E-state index >= 15 is 0 Å². The van der Waals surface area contributed by atoms with Crippen LogP contribution in [0.2, 0.25) is 5.15 Å². The van der Waals surface area contributed by atoms with Gasteiger partial charge in [-0.05, 0) is 39.3 Å². The summed E-state index contributed by atoms with van der Waals surface area (Å²) in [5.41, 5.74) is 0.986. The molecule has 1 aliphatic rings. The fourth-order valence-electron chi connectivity index (χ4n) is 2.88. The summed E-state index contributed by atoms with van der Waals surface area (Å²) in [5, 5.41) is 0.592. The largest absolute Gasteiger partial charge is 0.359 e. The summed E-state index contributed by atoms with van der Waals surface area (Å²) in [6.45, 7) is 7.54. The Kier molecular flexibility index (Phi) is 5.22. The van der Waals surface area contributed by atoms with Crippen molar-refractivity contribution in [2.75, 3.05) is 38.6 Å². The fraction of sp³-hybridized carbons (Fsp3) is 0.733. The van der Waals surface area contributed by atoms with Crippen LogP contribution >= 0.6 is 11.6 Å². The first-order chi connectivity index (χ1) is 9.51. The van der Waals surface area contributed by atoms with Gasteiger partial charge in [0.2, 0.25) is 0 Å².